The zero-order chi connectivity index (χ0) is 26.2. The Morgan fingerprint density at radius 2 is 1.42 bits per heavy atom. The molecule has 1 heterocycles. The van der Waals surface area contributed by atoms with Crippen molar-refractivity contribution in [3.63, 3.8) is 0 Å². The maximum absolute atomic E-state index is 12.9. The van der Waals surface area contributed by atoms with Gasteiger partial charge in [0.05, 0.1) is 27.4 Å². The first-order chi connectivity index (χ1) is 17.3. The number of benzene rings is 2. The first-order valence-corrected chi connectivity index (χ1v) is 11.0. The third kappa shape index (κ3) is 6.02. The minimum atomic E-state index is -1.04. The lowest BCUT2D eigenvalue weighted by atomic mass is 9.98. The van der Waals surface area contributed by atoms with E-state index in [9.17, 15) is 14.7 Å². The van der Waals surface area contributed by atoms with Crippen molar-refractivity contribution in [2.45, 2.75) is 19.0 Å². The molecule has 0 radical (unpaired) electrons. The lowest BCUT2D eigenvalue weighted by Crippen LogP contribution is -2.42. The molecule has 0 fully saturated rings. The summed E-state index contributed by atoms with van der Waals surface area (Å²) >= 11 is 0. The number of aromatic hydroxyl groups is 1. The van der Waals surface area contributed by atoms with Gasteiger partial charge in [-0.25, -0.2) is 9.78 Å². The second-order valence-corrected chi connectivity index (χ2v) is 7.81. The lowest BCUT2D eigenvalue weighted by molar-refractivity contribution is -0.193. The van der Waals surface area contributed by atoms with Gasteiger partial charge in [-0.15, -0.1) is 5.06 Å². The number of methoxy groups -OCH3 is 3. The van der Waals surface area contributed by atoms with E-state index in [1.165, 1.54) is 31.4 Å². The Hall–Kier alpha value is -4.31. The Morgan fingerprint density at radius 1 is 0.889 bits per heavy atom. The van der Waals surface area contributed by atoms with Crippen molar-refractivity contribution in [2.24, 2.45) is 0 Å². The van der Waals surface area contributed by atoms with Gasteiger partial charge in [0.2, 0.25) is 0 Å². The molecule has 10 heteroatoms. The van der Waals surface area contributed by atoms with Crippen LogP contribution >= 0.6 is 0 Å². The summed E-state index contributed by atoms with van der Waals surface area (Å²) < 4.78 is 15.5. The standard InChI is InChI=1S/C26H29N3O7/c1-16(28-25(31)22-24(30)21(35-5)14-15-27-22)26(32)36-29(2)23(17-6-10-19(33-3)11-7-17)18-8-12-20(34-4)13-9-18/h6-16,23,30H,1-5H3,(H,28,31)/t16-/m0/s1. The third-order valence-corrected chi connectivity index (χ3v) is 5.48. The highest BCUT2D eigenvalue weighted by molar-refractivity contribution is 5.97. The maximum atomic E-state index is 12.9. The van der Waals surface area contributed by atoms with Gasteiger partial charge in [0, 0.05) is 19.3 Å². The van der Waals surface area contributed by atoms with E-state index in [-0.39, 0.29) is 11.4 Å². The van der Waals surface area contributed by atoms with Crippen LogP contribution in [0.15, 0.2) is 60.8 Å². The molecule has 190 valence electrons. The van der Waals surface area contributed by atoms with Crippen LogP contribution in [0.5, 0.6) is 23.0 Å². The number of carbonyl (C=O) groups excluding carboxylic acids is 2. The highest BCUT2D eigenvalue weighted by atomic mass is 16.7. The molecule has 2 N–H and O–H groups in total. The fraction of sp³-hybridized carbons (Fsp3) is 0.269. The molecular weight excluding hydrogens is 466 g/mol. The minimum absolute atomic E-state index is 0.0898. The van der Waals surface area contributed by atoms with E-state index in [0.29, 0.717) is 11.5 Å². The van der Waals surface area contributed by atoms with Crippen LogP contribution in [0, 0.1) is 0 Å². The van der Waals surface area contributed by atoms with Crippen LogP contribution in [0.4, 0.5) is 0 Å². The fourth-order valence-electron chi connectivity index (χ4n) is 3.55. The maximum Gasteiger partial charge on any atom is 0.347 e. The summed E-state index contributed by atoms with van der Waals surface area (Å²) in [6.45, 7) is 1.47. The van der Waals surface area contributed by atoms with Gasteiger partial charge in [-0.2, -0.15) is 0 Å². The summed E-state index contributed by atoms with van der Waals surface area (Å²) in [4.78, 5) is 35.0. The number of hydrogen-bond donors (Lipinski definition) is 2. The molecule has 3 aromatic rings. The van der Waals surface area contributed by atoms with Crippen molar-refractivity contribution in [3.8, 4) is 23.0 Å². The number of nitrogens with zero attached hydrogens (tertiary/aromatic N) is 2. The van der Waals surface area contributed by atoms with Crippen LogP contribution in [-0.4, -0.2) is 61.4 Å². The number of nitrogens with one attached hydrogen (secondary N) is 1. The molecule has 0 spiro atoms. The van der Waals surface area contributed by atoms with Crippen LogP contribution in [-0.2, 0) is 9.63 Å². The molecule has 0 unspecified atom stereocenters. The summed E-state index contributed by atoms with van der Waals surface area (Å²) in [6.07, 6.45) is 1.32. The number of hydroxylamine groups is 2. The Morgan fingerprint density at radius 3 is 1.89 bits per heavy atom. The van der Waals surface area contributed by atoms with Gasteiger partial charge in [-0.3, -0.25) is 4.79 Å². The molecule has 0 aliphatic rings. The molecule has 36 heavy (non-hydrogen) atoms. The summed E-state index contributed by atoms with van der Waals surface area (Å²) in [5.41, 5.74) is 1.42. The van der Waals surface area contributed by atoms with Gasteiger partial charge in [0.15, 0.2) is 17.2 Å². The molecule has 0 aliphatic heterocycles. The highest BCUT2D eigenvalue weighted by Gasteiger charge is 2.27. The smallest absolute Gasteiger partial charge is 0.347 e. The summed E-state index contributed by atoms with van der Waals surface area (Å²) in [5, 5.41) is 14.1. The molecular formula is C26H29N3O7. The summed E-state index contributed by atoms with van der Waals surface area (Å²) in [5.74, 6) is -0.406. The molecule has 0 aliphatic carbocycles. The van der Waals surface area contributed by atoms with Gasteiger partial charge in [-0.1, -0.05) is 24.3 Å². The predicted octanol–water partition coefficient (Wildman–Crippen LogP) is 3.11. The summed E-state index contributed by atoms with van der Waals surface area (Å²) in [6, 6.07) is 14.7. The van der Waals surface area contributed by atoms with Crippen LogP contribution in [0.1, 0.15) is 34.6 Å². The molecule has 0 bridgehead atoms. The molecule has 3 rings (SSSR count). The van der Waals surface area contributed by atoms with Gasteiger partial charge in [0.1, 0.15) is 17.5 Å². The minimum Gasteiger partial charge on any atom is -0.503 e. The van der Waals surface area contributed by atoms with Crippen molar-refractivity contribution in [2.75, 3.05) is 28.4 Å². The second-order valence-electron chi connectivity index (χ2n) is 7.81. The number of amides is 1. The molecule has 10 nitrogen and oxygen atoms in total. The largest absolute Gasteiger partial charge is 0.503 e. The molecule has 0 saturated heterocycles. The second kappa shape index (κ2) is 11.9. The summed E-state index contributed by atoms with van der Waals surface area (Å²) in [7, 11) is 6.15. The average Bonchev–Trinajstić information content (AvgIpc) is 2.89. The number of hydrogen-bond acceptors (Lipinski definition) is 9. The van der Waals surface area contributed by atoms with Gasteiger partial charge < -0.3 is 29.5 Å². The van der Waals surface area contributed by atoms with E-state index < -0.39 is 29.7 Å². The molecule has 1 atom stereocenters. The number of rotatable bonds is 10. The van der Waals surface area contributed by atoms with Crippen molar-refractivity contribution < 1.29 is 33.7 Å². The van der Waals surface area contributed by atoms with E-state index in [4.69, 9.17) is 19.0 Å². The first kappa shape index (κ1) is 26.3. The van der Waals surface area contributed by atoms with Gasteiger partial charge in [-0.05, 0) is 42.3 Å². The predicted molar refractivity (Wildman–Crippen MR) is 131 cm³/mol. The third-order valence-electron chi connectivity index (χ3n) is 5.48. The number of aromatic nitrogens is 1. The van der Waals surface area contributed by atoms with Crippen molar-refractivity contribution in [3.05, 3.63) is 77.6 Å². The Bertz CT molecular complexity index is 1140. The fourth-order valence-corrected chi connectivity index (χ4v) is 3.55. The van der Waals surface area contributed by atoms with Gasteiger partial charge in [0.25, 0.3) is 5.91 Å². The number of pyridine rings is 1. The lowest BCUT2D eigenvalue weighted by Gasteiger charge is -2.28. The van der Waals surface area contributed by atoms with E-state index in [1.807, 2.05) is 48.5 Å². The Balaban J connectivity index is 1.78. The first-order valence-electron chi connectivity index (χ1n) is 11.0. The van der Waals surface area contributed by atoms with E-state index in [1.54, 1.807) is 21.3 Å². The van der Waals surface area contributed by atoms with Crippen molar-refractivity contribution in [1.29, 1.82) is 0 Å². The van der Waals surface area contributed by atoms with Crippen LogP contribution in [0.3, 0.4) is 0 Å². The van der Waals surface area contributed by atoms with E-state index >= 15 is 0 Å². The quantitative estimate of drug-likeness (QED) is 0.409. The normalized spacial score (nSPS) is 11.6. The number of carbonyl (C=O) groups is 2. The van der Waals surface area contributed by atoms with Crippen molar-refractivity contribution >= 4 is 11.9 Å². The Labute approximate surface area is 209 Å². The molecule has 0 saturated carbocycles. The molecule has 2 aromatic carbocycles. The molecule has 1 aromatic heterocycles. The van der Waals surface area contributed by atoms with E-state index in [2.05, 4.69) is 10.3 Å². The highest BCUT2D eigenvalue weighted by Crippen LogP contribution is 2.31. The zero-order valence-corrected chi connectivity index (χ0v) is 20.7. The monoisotopic (exact) mass is 495 g/mol. The van der Waals surface area contributed by atoms with Gasteiger partial charge >= 0.3 is 5.97 Å². The number of ether oxygens (including phenoxy) is 3. The van der Waals surface area contributed by atoms with Crippen LogP contribution in [0.2, 0.25) is 0 Å². The van der Waals surface area contributed by atoms with Crippen molar-refractivity contribution in [1.82, 2.24) is 15.4 Å². The topological polar surface area (TPSA) is 119 Å². The van der Waals surface area contributed by atoms with E-state index in [0.717, 1.165) is 11.1 Å². The Kier molecular flexibility index (Phi) is 8.69. The average molecular weight is 496 g/mol. The SMILES string of the molecule is COc1ccc(C(c2ccc(OC)cc2)N(C)OC(=O)[C@H](C)NC(=O)c2nccc(OC)c2O)cc1. The zero-order valence-electron chi connectivity index (χ0n) is 20.7. The molecule has 1 amide bonds. The van der Waals surface area contributed by atoms with Crippen LogP contribution in [0.25, 0.3) is 0 Å². The van der Waals surface area contributed by atoms with Crippen LogP contribution < -0.4 is 19.5 Å².